The summed E-state index contributed by atoms with van der Waals surface area (Å²) in [6.45, 7) is 1.82. The van der Waals surface area contributed by atoms with Gasteiger partial charge in [-0.3, -0.25) is 4.79 Å². The first-order valence-corrected chi connectivity index (χ1v) is 7.64. The molecule has 1 amide bonds. The van der Waals surface area contributed by atoms with Crippen LogP contribution in [0.15, 0.2) is 41.1 Å². The molecule has 0 bridgehead atoms. The van der Waals surface area contributed by atoms with Gasteiger partial charge in [-0.05, 0) is 30.0 Å². The molecule has 1 aromatic heterocycles. The second-order valence-electron chi connectivity index (χ2n) is 4.37. The van der Waals surface area contributed by atoms with E-state index in [1.807, 2.05) is 18.2 Å². The molecule has 110 valence electrons. The van der Waals surface area contributed by atoms with E-state index in [-0.39, 0.29) is 5.91 Å². The third kappa shape index (κ3) is 4.31. The molecule has 0 fully saturated rings. The van der Waals surface area contributed by atoms with Crippen LogP contribution in [-0.2, 0) is 16.1 Å². The molecule has 4 nitrogen and oxygen atoms in total. The largest absolute Gasteiger partial charge is 0.449 e. The maximum absolute atomic E-state index is 11.9. The number of esters is 1. The molecule has 0 radical (unpaired) electrons. The fourth-order valence-corrected chi connectivity index (χ4v) is 2.46. The summed E-state index contributed by atoms with van der Waals surface area (Å²) in [6, 6.07) is 8.89. The van der Waals surface area contributed by atoms with Gasteiger partial charge >= 0.3 is 5.97 Å². The average Bonchev–Trinajstić information content (AvgIpc) is 3.00. The van der Waals surface area contributed by atoms with E-state index >= 15 is 0 Å². The Labute approximate surface area is 131 Å². The van der Waals surface area contributed by atoms with Crippen LogP contribution in [0, 0.1) is 0 Å². The molecule has 0 saturated carbocycles. The number of nitrogens with one attached hydrogen (secondary N) is 1. The summed E-state index contributed by atoms with van der Waals surface area (Å²) in [5, 5.41) is 6.73. The minimum absolute atomic E-state index is 0.291. The summed E-state index contributed by atoms with van der Waals surface area (Å²) < 4.78 is 5.10. The zero-order chi connectivity index (χ0) is 15.2. The molecule has 1 atom stereocenters. The van der Waals surface area contributed by atoms with Crippen molar-refractivity contribution in [1.29, 1.82) is 0 Å². The second-order valence-corrected chi connectivity index (χ2v) is 5.56. The number of ether oxygens (including phenoxy) is 1. The van der Waals surface area contributed by atoms with Crippen LogP contribution in [0.2, 0.25) is 5.02 Å². The van der Waals surface area contributed by atoms with Crippen molar-refractivity contribution in [3.63, 3.8) is 0 Å². The zero-order valence-electron chi connectivity index (χ0n) is 11.3. The van der Waals surface area contributed by atoms with Gasteiger partial charge in [0, 0.05) is 16.9 Å². The maximum atomic E-state index is 11.9. The molecule has 0 aliphatic rings. The van der Waals surface area contributed by atoms with E-state index in [2.05, 4.69) is 5.32 Å². The van der Waals surface area contributed by atoms with Gasteiger partial charge in [0.05, 0.1) is 5.56 Å². The molecule has 0 aliphatic carbocycles. The fraction of sp³-hybridized carbons (Fsp3) is 0.200. The number of hydrogen-bond donors (Lipinski definition) is 1. The Morgan fingerprint density at radius 3 is 2.76 bits per heavy atom. The van der Waals surface area contributed by atoms with Crippen molar-refractivity contribution in [2.75, 3.05) is 0 Å². The molecule has 0 unspecified atom stereocenters. The predicted octanol–water partition coefficient (Wildman–Crippen LogP) is 3.26. The summed E-state index contributed by atoms with van der Waals surface area (Å²) in [5.41, 5.74) is 1.26. The predicted molar refractivity (Wildman–Crippen MR) is 82.5 cm³/mol. The number of thiophene rings is 1. The van der Waals surface area contributed by atoms with Crippen molar-refractivity contribution >= 4 is 34.8 Å². The molecule has 1 heterocycles. The number of halogens is 1. The number of amides is 1. The summed E-state index contributed by atoms with van der Waals surface area (Å²) >= 11 is 7.40. The van der Waals surface area contributed by atoms with E-state index in [1.165, 1.54) is 18.3 Å². The number of benzene rings is 1. The lowest BCUT2D eigenvalue weighted by molar-refractivity contribution is -0.129. The van der Waals surface area contributed by atoms with Gasteiger partial charge < -0.3 is 10.1 Å². The molecule has 21 heavy (non-hydrogen) atoms. The molecule has 2 aromatic rings. The second kappa shape index (κ2) is 7.24. The van der Waals surface area contributed by atoms with Gasteiger partial charge in [-0.25, -0.2) is 4.79 Å². The molecule has 6 heteroatoms. The van der Waals surface area contributed by atoms with Gasteiger partial charge in [-0.1, -0.05) is 29.8 Å². The van der Waals surface area contributed by atoms with Crippen LogP contribution >= 0.6 is 22.9 Å². The van der Waals surface area contributed by atoms with E-state index in [1.54, 1.807) is 22.9 Å². The molecular formula is C15H14ClNO3S. The monoisotopic (exact) mass is 323 g/mol. The molecule has 0 spiro atoms. The van der Waals surface area contributed by atoms with Crippen molar-refractivity contribution in [3.05, 3.63) is 57.2 Å². The summed E-state index contributed by atoms with van der Waals surface area (Å²) in [6.07, 6.45) is -0.861. The number of hydrogen-bond acceptors (Lipinski definition) is 4. The van der Waals surface area contributed by atoms with E-state index in [9.17, 15) is 9.59 Å². The lowest BCUT2D eigenvalue weighted by atomic mass is 10.2. The number of rotatable bonds is 5. The number of carbonyl (C=O) groups is 2. The molecule has 1 aromatic carbocycles. The SMILES string of the molecule is C[C@@H](OC(=O)c1ccsc1)C(=O)NCc1ccccc1Cl. The van der Waals surface area contributed by atoms with Crippen LogP contribution in [0.3, 0.4) is 0 Å². The minimum atomic E-state index is -0.861. The average molecular weight is 324 g/mol. The van der Waals surface area contributed by atoms with Crippen molar-refractivity contribution in [3.8, 4) is 0 Å². The lowest BCUT2D eigenvalue weighted by Crippen LogP contribution is -2.35. The summed E-state index contributed by atoms with van der Waals surface area (Å²) in [5.74, 6) is -0.866. The van der Waals surface area contributed by atoms with Crippen LogP contribution in [0.5, 0.6) is 0 Å². The van der Waals surface area contributed by atoms with Crippen LogP contribution in [0.1, 0.15) is 22.8 Å². The van der Waals surface area contributed by atoms with Crippen LogP contribution in [0.4, 0.5) is 0 Å². The Bertz CT molecular complexity index is 628. The smallest absolute Gasteiger partial charge is 0.339 e. The van der Waals surface area contributed by atoms with Crippen LogP contribution in [-0.4, -0.2) is 18.0 Å². The Morgan fingerprint density at radius 1 is 1.33 bits per heavy atom. The Morgan fingerprint density at radius 2 is 2.10 bits per heavy atom. The van der Waals surface area contributed by atoms with Gasteiger partial charge in [0.25, 0.3) is 5.91 Å². The first kappa shape index (κ1) is 15.5. The highest BCUT2D eigenvalue weighted by molar-refractivity contribution is 7.08. The zero-order valence-corrected chi connectivity index (χ0v) is 12.9. The quantitative estimate of drug-likeness (QED) is 0.859. The molecule has 1 N–H and O–H groups in total. The van der Waals surface area contributed by atoms with E-state index in [0.717, 1.165) is 5.56 Å². The minimum Gasteiger partial charge on any atom is -0.449 e. The van der Waals surface area contributed by atoms with Crippen LogP contribution < -0.4 is 5.32 Å². The van der Waals surface area contributed by atoms with Crippen molar-refractivity contribution < 1.29 is 14.3 Å². The van der Waals surface area contributed by atoms with Gasteiger partial charge in [0.15, 0.2) is 6.10 Å². The molecule has 0 aliphatic heterocycles. The van der Waals surface area contributed by atoms with Gasteiger partial charge in [-0.2, -0.15) is 11.3 Å². The van der Waals surface area contributed by atoms with Crippen molar-refractivity contribution in [1.82, 2.24) is 5.32 Å². The lowest BCUT2D eigenvalue weighted by Gasteiger charge is -2.13. The Kier molecular flexibility index (Phi) is 5.36. The van der Waals surface area contributed by atoms with E-state index in [4.69, 9.17) is 16.3 Å². The van der Waals surface area contributed by atoms with E-state index in [0.29, 0.717) is 17.1 Å². The standard InChI is InChI=1S/C15H14ClNO3S/c1-10(20-15(19)12-6-7-21-9-12)14(18)17-8-11-4-2-3-5-13(11)16/h2-7,9-10H,8H2,1H3,(H,17,18)/t10-/m1/s1. The molecule has 2 rings (SSSR count). The highest BCUT2D eigenvalue weighted by Gasteiger charge is 2.19. The van der Waals surface area contributed by atoms with E-state index < -0.39 is 12.1 Å². The Balaban J connectivity index is 1.86. The third-order valence-electron chi connectivity index (χ3n) is 2.82. The van der Waals surface area contributed by atoms with Gasteiger partial charge in [-0.15, -0.1) is 0 Å². The molecular weight excluding hydrogens is 310 g/mol. The summed E-state index contributed by atoms with van der Waals surface area (Å²) in [7, 11) is 0. The van der Waals surface area contributed by atoms with Gasteiger partial charge in [0.1, 0.15) is 0 Å². The fourth-order valence-electron chi connectivity index (χ4n) is 1.63. The topological polar surface area (TPSA) is 55.4 Å². The number of carbonyl (C=O) groups excluding carboxylic acids is 2. The Hall–Kier alpha value is -1.85. The molecule has 0 saturated heterocycles. The first-order chi connectivity index (χ1) is 10.1. The highest BCUT2D eigenvalue weighted by atomic mass is 35.5. The van der Waals surface area contributed by atoms with Crippen LogP contribution in [0.25, 0.3) is 0 Å². The first-order valence-electron chi connectivity index (χ1n) is 6.32. The van der Waals surface area contributed by atoms with Gasteiger partial charge in [0.2, 0.25) is 0 Å². The van der Waals surface area contributed by atoms with Crippen molar-refractivity contribution in [2.45, 2.75) is 19.6 Å². The highest BCUT2D eigenvalue weighted by Crippen LogP contribution is 2.14. The maximum Gasteiger partial charge on any atom is 0.339 e. The summed E-state index contributed by atoms with van der Waals surface area (Å²) in [4.78, 5) is 23.6. The van der Waals surface area contributed by atoms with Crippen molar-refractivity contribution in [2.24, 2.45) is 0 Å². The normalized spacial score (nSPS) is 11.7. The third-order valence-corrected chi connectivity index (χ3v) is 3.87.